The van der Waals surface area contributed by atoms with Gasteiger partial charge in [-0.1, -0.05) is 12.1 Å². The highest BCUT2D eigenvalue weighted by Crippen LogP contribution is 2.19. The van der Waals surface area contributed by atoms with Gasteiger partial charge in [-0.05, 0) is 25.4 Å². The van der Waals surface area contributed by atoms with Crippen LogP contribution in [0.15, 0.2) is 24.3 Å². The van der Waals surface area contributed by atoms with E-state index in [2.05, 4.69) is 0 Å². The molecule has 0 amide bonds. The van der Waals surface area contributed by atoms with Crippen molar-refractivity contribution < 1.29 is 19.1 Å². The van der Waals surface area contributed by atoms with E-state index in [0.717, 1.165) is 0 Å². The summed E-state index contributed by atoms with van der Waals surface area (Å²) in [6, 6.07) is 6.88. The quantitative estimate of drug-likeness (QED) is 0.416. The van der Waals surface area contributed by atoms with E-state index in [1.54, 1.807) is 39.0 Å². The minimum atomic E-state index is -0.439. The fourth-order valence-corrected chi connectivity index (χ4v) is 1.35. The number of rotatable bonds is 6. The molecule has 0 bridgehead atoms. The first-order valence-electron chi connectivity index (χ1n) is 5.59. The van der Waals surface area contributed by atoms with Gasteiger partial charge in [-0.15, -0.1) is 0 Å². The molecule has 17 heavy (non-hydrogen) atoms. The highest BCUT2D eigenvalue weighted by atomic mass is 16.6. The van der Waals surface area contributed by atoms with E-state index in [9.17, 15) is 9.59 Å². The number of esters is 1. The molecule has 1 aromatic rings. The molecule has 0 heterocycles. The lowest BCUT2D eigenvalue weighted by molar-refractivity contribution is -0.145. The zero-order valence-corrected chi connectivity index (χ0v) is 10.1. The summed E-state index contributed by atoms with van der Waals surface area (Å²) >= 11 is 0. The smallest absolute Gasteiger partial charge is 0.344 e. The van der Waals surface area contributed by atoms with Gasteiger partial charge in [0.2, 0.25) is 0 Å². The van der Waals surface area contributed by atoms with Crippen molar-refractivity contribution in [1.82, 2.24) is 0 Å². The van der Waals surface area contributed by atoms with Gasteiger partial charge in [0.1, 0.15) is 13.6 Å². The highest BCUT2D eigenvalue weighted by Gasteiger charge is 2.11. The minimum Gasteiger partial charge on any atom is -0.481 e. The van der Waals surface area contributed by atoms with Gasteiger partial charge in [0, 0.05) is 0 Å². The first-order valence-corrected chi connectivity index (χ1v) is 5.59. The third-order valence-electron chi connectivity index (χ3n) is 2.16. The molecule has 0 aromatic heterocycles. The number of hydrogen-bond donors (Lipinski definition) is 0. The summed E-state index contributed by atoms with van der Waals surface area (Å²) < 4.78 is 10.0. The van der Waals surface area contributed by atoms with Crippen LogP contribution in [0.5, 0.6) is 5.75 Å². The van der Waals surface area contributed by atoms with Crippen LogP contribution in [-0.2, 0) is 9.53 Å². The van der Waals surface area contributed by atoms with Crippen molar-refractivity contribution in [3.63, 3.8) is 0 Å². The van der Waals surface area contributed by atoms with Gasteiger partial charge in [0.25, 0.3) is 0 Å². The largest absolute Gasteiger partial charge is 0.481 e. The van der Waals surface area contributed by atoms with E-state index in [-0.39, 0.29) is 12.4 Å². The lowest BCUT2D eigenvalue weighted by atomic mass is 9.95. The Morgan fingerprint density at radius 1 is 1.29 bits per heavy atom. The van der Waals surface area contributed by atoms with E-state index < -0.39 is 5.97 Å². The molecule has 0 fully saturated rings. The maximum absolute atomic E-state index is 11.6. The van der Waals surface area contributed by atoms with Crippen molar-refractivity contribution in [3.8, 4) is 5.75 Å². The molecule has 0 aliphatic rings. The maximum atomic E-state index is 11.6. The molecular weight excluding hydrogens is 219 g/mol. The Labute approximate surface area is 101 Å². The normalized spacial score (nSPS) is 9.71. The molecule has 0 atom stereocenters. The molecule has 1 rings (SSSR count). The molecule has 4 nitrogen and oxygen atoms in total. The number of carbonyl (C=O) groups is 2. The molecule has 0 aliphatic heterocycles. The molecular formula is C12H15BO4. The first kappa shape index (κ1) is 13.3. The Kier molecular flexibility index (Phi) is 5.26. The van der Waals surface area contributed by atoms with Gasteiger partial charge in [-0.3, -0.25) is 4.79 Å². The zero-order chi connectivity index (χ0) is 12.7. The predicted octanol–water partition coefficient (Wildman–Crippen LogP) is 0.863. The molecule has 90 valence electrons. The van der Waals surface area contributed by atoms with Crippen molar-refractivity contribution in [1.29, 1.82) is 0 Å². The van der Waals surface area contributed by atoms with Crippen LogP contribution < -0.4 is 4.74 Å². The molecule has 0 saturated heterocycles. The Bertz CT molecular complexity index is 403. The van der Waals surface area contributed by atoms with Gasteiger partial charge >= 0.3 is 5.97 Å². The second kappa shape index (κ2) is 6.73. The monoisotopic (exact) mass is 234 g/mol. The number of ketones is 1. The van der Waals surface area contributed by atoms with Crippen molar-refractivity contribution in [2.45, 2.75) is 13.2 Å². The summed E-state index contributed by atoms with van der Waals surface area (Å²) in [6.07, 6.45) is 0.403. The second-order valence-corrected chi connectivity index (χ2v) is 3.37. The molecule has 5 heteroatoms. The van der Waals surface area contributed by atoms with Crippen molar-refractivity contribution >= 4 is 19.6 Å². The van der Waals surface area contributed by atoms with Gasteiger partial charge < -0.3 is 9.47 Å². The molecule has 1 aromatic carbocycles. The van der Waals surface area contributed by atoms with Crippen LogP contribution in [0.1, 0.15) is 17.3 Å². The van der Waals surface area contributed by atoms with Crippen LogP contribution in [0.3, 0.4) is 0 Å². The summed E-state index contributed by atoms with van der Waals surface area (Å²) in [6.45, 7) is 1.87. The summed E-state index contributed by atoms with van der Waals surface area (Å²) in [4.78, 5) is 22.7. The maximum Gasteiger partial charge on any atom is 0.344 e. The highest BCUT2D eigenvalue weighted by molar-refractivity contribution is 6.24. The summed E-state index contributed by atoms with van der Waals surface area (Å²) in [5.41, 5.74) is 0.499. The molecule has 0 unspecified atom stereocenters. The number of carbonyl (C=O) groups excluding carboxylic acids is 2. The fourth-order valence-electron chi connectivity index (χ4n) is 1.35. The van der Waals surface area contributed by atoms with Crippen LogP contribution in [0, 0.1) is 0 Å². The van der Waals surface area contributed by atoms with Crippen LogP contribution >= 0.6 is 0 Å². The average molecular weight is 234 g/mol. The molecule has 0 radical (unpaired) electrons. The molecule has 0 spiro atoms. The Balaban J connectivity index is 2.70. The van der Waals surface area contributed by atoms with Crippen LogP contribution in [0.4, 0.5) is 0 Å². The Morgan fingerprint density at radius 2 is 2.00 bits per heavy atom. The van der Waals surface area contributed by atoms with Gasteiger partial charge in [-0.2, -0.15) is 0 Å². The average Bonchev–Trinajstić information content (AvgIpc) is 2.36. The predicted molar refractivity (Wildman–Crippen MR) is 66.3 cm³/mol. The van der Waals surface area contributed by atoms with Crippen LogP contribution in [0.2, 0.25) is 6.32 Å². The van der Waals surface area contributed by atoms with Crippen molar-refractivity contribution in [3.05, 3.63) is 29.8 Å². The van der Waals surface area contributed by atoms with E-state index in [1.165, 1.54) is 0 Å². The van der Waals surface area contributed by atoms with E-state index in [1.807, 2.05) is 0 Å². The second-order valence-electron chi connectivity index (χ2n) is 3.37. The lowest BCUT2D eigenvalue weighted by Gasteiger charge is -2.09. The van der Waals surface area contributed by atoms with E-state index in [4.69, 9.17) is 9.47 Å². The molecule has 0 aliphatic carbocycles. The zero-order valence-electron chi connectivity index (χ0n) is 10.1. The van der Waals surface area contributed by atoms with Gasteiger partial charge in [0.15, 0.2) is 12.4 Å². The van der Waals surface area contributed by atoms with Crippen LogP contribution in [0.25, 0.3) is 0 Å². The van der Waals surface area contributed by atoms with E-state index >= 15 is 0 Å². The van der Waals surface area contributed by atoms with Crippen LogP contribution in [-0.4, -0.2) is 32.8 Å². The standard InChI is InChI=1S/C12H15BO4/c1-2-16-12(15)8-17-11-6-4-3-5-9(11)10(14)7-13/h3-6H,2,7-8,13H2,1H3. The number of hydrogen-bond acceptors (Lipinski definition) is 4. The number of para-hydroxylation sites is 1. The summed E-state index contributed by atoms with van der Waals surface area (Å²) in [5.74, 6) is -0.0249. The number of ether oxygens (including phenoxy) is 2. The Morgan fingerprint density at radius 3 is 2.65 bits per heavy atom. The van der Waals surface area contributed by atoms with Gasteiger partial charge in [-0.25, -0.2) is 4.79 Å². The summed E-state index contributed by atoms with van der Waals surface area (Å²) in [7, 11) is 1.78. The first-order chi connectivity index (χ1) is 8.19. The SMILES string of the molecule is BCC(=O)c1ccccc1OCC(=O)OCC. The number of benzene rings is 1. The third-order valence-corrected chi connectivity index (χ3v) is 2.16. The van der Waals surface area contributed by atoms with E-state index in [0.29, 0.717) is 24.2 Å². The Hall–Kier alpha value is -1.78. The number of Topliss-reactive ketones (excluding diaryl/α,β-unsaturated/α-hetero) is 1. The molecule has 0 saturated carbocycles. The van der Waals surface area contributed by atoms with Crippen molar-refractivity contribution in [2.24, 2.45) is 0 Å². The third kappa shape index (κ3) is 3.94. The summed E-state index contributed by atoms with van der Waals surface area (Å²) in [5, 5.41) is 0. The molecule has 0 N–H and O–H groups in total. The lowest BCUT2D eigenvalue weighted by Crippen LogP contribution is -2.15. The minimum absolute atomic E-state index is 0.00976. The topological polar surface area (TPSA) is 52.6 Å². The van der Waals surface area contributed by atoms with Gasteiger partial charge in [0.05, 0.1) is 12.2 Å². The van der Waals surface area contributed by atoms with Crippen molar-refractivity contribution in [2.75, 3.05) is 13.2 Å². The fraction of sp³-hybridized carbons (Fsp3) is 0.333.